The summed E-state index contributed by atoms with van der Waals surface area (Å²) in [6.45, 7) is 3.83. The summed E-state index contributed by atoms with van der Waals surface area (Å²) in [6.07, 6.45) is 5.55. The Balaban J connectivity index is 1.66. The van der Waals surface area contributed by atoms with E-state index >= 15 is 0 Å². The normalized spacial score (nSPS) is 16.6. The first-order valence-corrected chi connectivity index (χ1v) is 10.5. The number of rotatable bonds is 3. The molecule has 1 amide bonds. The first-order valence-electron chi connectivity index (χ1n) is 10.5. The Hall–Kier alpha value is -3.31. The maximum atomic E-state index is 13.9. The van der Waals surface area contributed by atoms with Crippen LogP contribution in [0.2, 0.25) is 0 Å². The Morgan fingerprint density at radius 3 is 2.80 bits per heavy atom. The number of nitrogens with zero attached hydrogens (tertiary/aromatic N) is 3. The van der Waals surface area contributed by atoms with Crippen LogP contribution in [0.15, 0.2) is 67.0 Å². The Bertz CT molecular complexity index is 1220. The molecule has 30 heavy (non-hydrogen) atoms. The fourth-order valence-corrected chi connectivity index (χ4v) is 4.40. The van der Waals surface area contributed by atoms with Gasteiger partial charge in [0.2, 0.25) is 0 Å². The quantitative estimate of drug-likeness (QED) is 0.554. The molecule has 5 nitrogen and oxygen atoms in total. The van der Waals surface area contributed by atoms with Gasteiger partial charge in [0.1, 0.15) is 5.82 Å². The molecule has 0 saturated carbocycles. The number of carbonyl (C=O) groups excluding carboxylic acids is 1. The Labute approximate surface area is 175 Å². The number of hydrogen-bond acceptors (Lipinski definition) is 4. The van der Waals surface area contributed by atoms with E-state index in [9.17, 15) is 4.79 Å². The molecule has 1 N–H and O–H groups in total. The predicted octanol–water partition coefficient (Wildman–Crippen LogP) is 4.49. The van der Waals surface area contributed by atoms with Gasteiger partial charge >= 0.3 is 0 Å². The number of piperidine rings is 1. The van der Waals surface area contributed by atoms with Crippen LogP contribution in [0.5, 0.6) is 0 Å². The predicted molar refractivity (Wildman–Crippen MR) is 121 cm³/mol. The average Bonchev–Trinajstić information content (AvgIpc) is 2.80. The van der Waals surface area contributed by atoms with Crippen LogP contribution in [-0.2, 0) is 0 Å². The highest BCUT2D eigenvalue weighted by molar-refractivity contribution is 6.11. The van der Waals surface area contributed by atoms with Gasteiger partial charge in [-0.05, 0) is 61.5 Å². The molecule has 0 aliphatic carbocycles. The largest absolute Gasteiger partial charge is 0.315 e. The lowest BCUT2D eigenvalue weighted by atomic mass is 10.0. The van der Waals surface area contributed by atoms with Crippen LogP contribution in [0.1, 0.15) is 28.8 Å². The summed E-state index contributed by atoms with van der Waals surface area (Å²) in [7, 11) is 0. The molecule has 0 bridgehead atoms. The van der Waals surface area contributed by atoms with Crippen molar-refractivity contribution >= 4 is 33.4 Å². The number of carbonyl (C=O) groups is 1. The van der Waals surface area contributed by atoms with Crippen LogP contribution in [0.4, 0.5) is 5.82 Å². The van der Waals surface area contributed by atoms with Crippen molar-refractivity contribution < 1.29 is 4.79 Å². The molecule has 0 unspecified atom stereocenters. The maximum absolute atomic E-state index is 13.9. The van der Waals surface area contributed by atoms with Crippen molar-refractivity contribution in [3.8, 4) is 0 Å². The minimum Gasteiger partial charge on any atom is -0.315 e. The molecule has 1 fully saturated rings. The van der Waals surface area contributed by atoms with Gasteiger partial charge in [-0.2, -0.15) is 0 Å². The summed E-state index contributed by atoms with van der Waals surface area (Å²) in [5.74, 6) is 0.713. The van der Waals surface area contributed by atoms with Crippen molar-refractivity contribution in [2.75, 3.05) is 18.0 Å². The van der Waals surface area contributed by atoms with Crippen molar-refractivity contribution in [3.05, 3.63) is 78.1 Å². The average molecular weight is 396 g/mol. The third-order valence-electron chi connectivity index (χ3n) is 5.92. The fraction of sp³-hybridized carbons (Fsp3) is 0.240. The molecule has 3 heterocycles. The maximum Gasteiger partial charge on any atom is 0.259 e. The zero-order valence-electron chi connectivity index (χ0n) is 17.0. The second-order valence-electron chi connectivity index (χ2n) is 7.89. The van der Waals surface area contributed by atoms with Gasteiger partial charge in [-0.25, -0.2) is 4.98 Å². The van der Waals surface area contributed by atoms with Crippen LogP contribution in [-0.4, -0.2) is 35.0 Å². The summed E-state index contributed by atoms with van der Waals surface area (Å²) >= 11 is 0. The summed E-state index contributed by atoms with van der Waals surface area (Å²) in [5, 5.41) is 6.62. The van der Waals surface area contributed by atoms with Gasteiger partial charge in [0.15, 0.2) is 0 Å². The van der Waals surface area contributed by atoms with Crippen LogP contribution in [0.3, 0.4) is 0 Å². The number of amides is 1. The van der Waals surface area contributed by atoms with E-state index in [4.69, 9.17) is 4.98 Å². The lowest BCUT2D eigenvalue weighted by Gasteiger charge is -2.35. The molecule has 0 spiro atoms. The second kappa shape index (κ2) is 7.84. The third-order valence-corrected chi connectivity index (χ3v) is 5.92. The number of aryl methyl sites for hydroxylation is 1. The summed E-state index contributed by atoms with van der Waals surface area (Å²) in [4.78, 5) is 24.9. The zero-order valence-corrected chi connectivity index (χ0v) is 17.0. The first-order chi connectivity index (χ1) is 14.7. The molecule has 1 aliphatic heterocycles. The van der Waals surface area contributed by atoms with Gasteiger partial charge < -0.3 is 5.32 Å². The fourth-order valence-electron chi connectivity index (χ4n) is 4.40. The first kappa shape index (κ1) is 18.7. The third kappa shape index (κ3) is 3.31. The molecule has 4 aromatic rings. The SMILES string of the molecule is Cc1cccc2ccnc(N(C(=O)c3ccc4cccnc4c3)[C@@H]3CCCNC3)c12. The lowest BCUT2D eigenvalue weighted by Crippen LogP contribution is -2.49. The van der Waals surface area contributed by atoms with Crippen molar-refractivity contribution in [1.29, 1.82) is 0 Å². The van der Waals surface area contributed by atoms with Crippen LogP contribution in [0.25, 0.3) is 21.7 Å². The van der Waals surface area contributed by atoms with Crippen molar-refractivity contribution in [2.24, 2.45) is 0 Å². The highest BCUT2D eigenvalue weighted by Crippen LogP contribution is 2.31. The molecule has 0 radical (unpaired) electrons. The number of fused-ring (bicyclic) bond motifs is 2. The van der Waals surface area contributed by atoms with E-state index in [1.54, 1.807) is 12.4 Å². The number of hydrogen-bond donors (Lipinski definition) is 1. The van der Waals surface area contributed by atoms with Gasteiger partial charge in [-0.1, -0.05) is 30.3 Å². The van der Waals surface area contributed by atoms with Crippen LogP contribution in [0, 0.1) is 6.92 Å². The highest BCUT2D eigenvalue weighted by atomic mass is 16.2. The van der Waals surface area contributed by atoms with Crippen LogP contribution < -0.4 is 10.2 Å². The van der Waals surface area contributed by atoms with E-state index in [0.29, 0.717) is 5.56 Å². The van der Waals surface area contributed by atoms with E-state index in [0.717, 1.165) is 59.0 Å². The topological polar surface area (TPSA) is 58.1 Å². The van der Waals surface area contributed by atoms with E-state index in [1.165, 1.54) is 0 Å². The van der Waals surface area contributed by atoms with Crippen molar-refractivity contribution in [1.82, 2.24) is 15.3 Å². The smallest absolute Gasteiger partial charge is 0.259 e. The molecule has 5 heteroatoms. The zero-order chi connectivity index (χ0) is 20.5. The van der Waals surface area contributed by atoms with Gasteiger partial charge in [0.05, 0.1) is 11.6 Å². The van der Waals surface area contributed by atoms with Crippen LogP contribution >= 0.6 is 0 Å². The molecule has 2 aromatic carbocycles. The summed E-state index contributed by atoms with van der Waals surface area (Å²) in [6, 6.07) is 17.9. The minimum atomic E-state index is -0.0282. The molecule has 1 saturated heterocycles. The Kier molecular flexibility index (Phi) is 4.89. The minimum absolute atomic E-state index is 0.0282. The van der Waals surface area contributed by atoms with E-state index in [-0.39, 0.29) is 11.9 Å². The highest BCUT2D eigenvalue weighted by Gasteiger charge is 2.30. The molecule has 1 atom stereocenters. The van der Waals surface area contributed by atoms with Crippen molar-refractivity contribution in [3.63, 3.8) is 0 Å². The Morgan fingerprint density at radius 1 is 1.03 bits per heavy atom. The van der Waals surface area contributed by atoms with Gasteiger partial charge in [0, 0.05) is 35.3 Å². The molecule has 2 aromatic heterocycles. The van der Waals surface area contributed by atoms with Crippen molar-refractivity contribution in [2.45, 2.75) is 25.8 Å². The molecular formula is C25H24N4O. The number of benzene rings is 2. The summed E-state index contributed by atoms with van der Waals surface area (Å²) in [5.41, 5.74) is 2.59. The van der Waals surface area contributed by atoms with Gasteiger partial charge in [-0.15, -0.1) is 0 Å². The Morgan fingerprint density at radius 2 is 1.93 bits per heavy atom. The number of aromatic nitrogens is 2. The van der Waals surface area contributed by atoms with Gasteiger partial charge in [0.25, 0.3) is 5.91 Å². The number of anilines is 1. The standard InChI is InChI=1S/C25H24N4O/c1-17-5-2-6-19-11-14-28-24(23(17)19)29(21-8-4-12-26-16-21)25(30)20-10-9-18-7-3-13-27-22(18)15-20/h2-3,5-7,9-11,13-15,21,26H,4,8,12,16H2,1H3/t21-/m1/s1. The number of nitrogens with one attached hydrogen (secondary N) is 1. The number of pyridine rings is 2. The summed E-state index contributed by atoms with van der Waals surface area (Å²) < 4.78 is 0. The van der Waals surface area contributed by atoms with E-state index < -0.39 is 0 Å². The molecular weight excluding hydrogens is 372 g/mol. The van der Waals surface area contributed by atoms with E-state index in [1.807, 2.05) is 47.4 Å². The molecule has 1 aliphatic rings. The van der Waals surface area contributed by atoms with E-state index in [2.05, 4.69) is 29.4 Å². The lowest BCUT2D eigenvalue weighted by molar-refractivity contribution is 0.0972. The molecule has 150 valence electrons. The second-order valence-corrected chi connectivity index (χ2v) is 7.89. The molecule has 5 rings (SSSR count). The van der Waals surface area contributed by atoms with Gasteiger partial charge in [-0.3, -0.25) is 14.7 Å². The monoisotopic (exact) mass is 396 g/mol.